The molecular weight excluding hydrogens is 291 g/mol. The molecule has 0 radical (unpaired) electrons. The van der Waals surface area contributed by atoms with E-state index in [1.165, 1.54) is 6.07 Å². The number of carbonyl (C=O) groups excluding carboxylic acids is 2. The highest BCUT2D eigenvalue weighted by molar-refractivity contribution is 5.94. The third-order valence-corrected chi connectivity index (χ3v) is 2.83. The molecule has 3 rings (SSSR count). The molecule has 0 saturated carbocycles. The van der Waals surface area contributed by atoms with Gasteiger partial charge in [-0.1, -0.05) is 0 Å². The van der Waals surface area contributed by atoms with E-state index in [1.54, 1.807) is 18.5 Å². The fourth-order valence-corrected chi connectivity index (χ4v) is 1.85. The van der Waals surface area contributed by atoms with Crippen molar-refractivity contribution in [3.63, 3.8) is 0 Å². The van der Waals surface area contributed by atoms with Gasteiger partial charge in [-0.25, -0.2) is 23.9 Å². The molecule has 0 bridgehead atoms. The first-order valence-corrected chi connectivity index (χ1v) is 6.22. The summed E-state index contributed by atoms with van der Waals surface area (Å²) in [5, 5.41) is 6.32. The van der Waals surface area contributed by atoms with E-state index < -0.39 is 11.7 Å². The van der Waals surface area contributed by atoms with Crippen LogP contribution in [0.1, 0.15) is 26.8 Å². The molecule has 0 fully saturated rings. The van der Waals surface area contributed by atoms with Gasteiger partial charge in [-0.3, -0.25) is 9.59 Å². The molecule has 8 nitrogen and oxygen atoms in total. The zero-order chi connectivity index (χ0) is 15.5. The second kappa shape index (κ2) is 5.64. The zero-order valence-corrected chi connectivity index (χ0v) is 11.1. The highest BCUT2D eigenvalue weighted by Crippen LogP contribution is 2.10. The van der Waals surface area contributed by atoms with Crippen molar-refractivity contribution < 1.29 is 14.0 Å². The predicted octanol–water partition coefficient (Wildman–Crippen LogP) is 0.401. The number of carbonyl (C=O) groups is 2. The number of fused-ring (bicyclic) bond motifs is 1. The predicted molar refractivity (Wildman–Crippen MR) is 71.5 cm³/mol. The van der Waals surface area contributed by atoms with Gasteiger partial charge in [-0.05, 0) is 12.1 Å². The molecular formula is C13H9FN6O2. The lowest BCUT2D eigenvalue weighted by molar-refractivity contribution is 0.0942. The van der Waals surface area contributed by atoms with Gasteiger partial charge in [0.25, 0.3) is 5.91 Å². The first kappa shape index (κ1) is 13.7. The number of hydrogen-bond acceptors (Lipinski definition) is 6. The van der Waals surface area contributed by atoms with Crippen molar-refractivity contribution in [2.45, 2.75) is 6.54 Å². The minimum atomic E-state index is -0.718. The molecule has 1 amide bonds. The lowest BCUT2D eigenvalue weighted by atomic mass is 10.3. The normalized spacial score (nSPS) is 10.6. The highest BCUT2D eigenvalue weighted by Gasteiger charge is 2.16. The lowest BCUT2D eigenvalue weighted by Crippen LogP contribution is -2.26. The van der Waals surface area contributed by atoms with Crippen LogP contribution in [0.2, 0.25) is 0 Å². The van der Waals surface area contributed by atoms with Gasteiger partial charge in [0.1, 0.15) is 17.2 Å². The molecule has 0 aliphatic carbocycles. The van der Waals surface area contributed by atoms with E-state index >= 15 is 0 Å². The number of nitrogens with zero attached hydrogens (tertiary/aromatic N) is 5. The van der Waals surface area contributed by atoms with E-state index in [4.69, 9.17) is 0 Å². The number of rotatable bonds is 4. The van der Waals surface area contributed by atoms with Crippen molar-refractivity contribution in [1.82, 2.24) is 29.9 Å². The topological polar surface area (TPSA) is 102 Å². The SMILES string of the molecule is O=Cc1cc(C(=O)NCc2ncccn2)n2ncc(F)c2n1. The molecule has 0 aromatic carbocycles. The van der Waals surface area contributed by atoms with Crippen LogP contribution >= 0.6 is 0 Å². The molecule has 0 unspecified atom stereocenters. The number of amides is 1. The fraction of sp³-hybridized carbons (Fsp3) is 0.0769. The summed E-state index contributed by atoms with van der Waals surface area (Å²) < 4.78 is 14.6. The van der Waals surface area contributed by atoms with Gasteiger partial charge in [0.05, 0.1) is 12.7 Å². The van der Waals surface area contributed by atoms with Crippen LogP contribution in [0.15, 0.2) is 30.7 Å². The maximum atomic E-state index is 13.5. The summed E-state index contributed by atoms with van der Waals surface area (Å²) in [5.74, 6) is -0.849. The smallest absolute Gasteiger partial charge is 0.270 e. The molecule has 0 spiro atoms. The van der Waals surface area contributed by atoms with Crippen LogP contribution in [-0.4, -0.2) is 36.8 Å². The molecule has 110 valence electrons. The van der Waals surface area contributed by atoms with Crippen LogP contribution in [0, 0.1) is 5.82 Å². The lowest BCUT2D eigenvalue weighted by Gasteiger charge is -2.06. The molecule has 3 aromatic rings. The van der Waals surface area contributed by atoms with E-state index in [1.807, 2.05) is 0 Å². The number of halogens is 1. The van der Waals surface area contributed by atoms with Crippen LogP contribution < -0.4 is 5.32 Å². The van der Waals surface area contributed by atoms with Crippen molar-refractivity contribution >= 4 is 17.8 Å². The van der Waals surface area contributed by atoms with Crippen LogP contribution in [0.4, 0.5) is 4.39 Å². The Balaban J connectivity index is 1.91. The van der Waals surface area contributed by atoms with Crippen LogP contribution in [0.3, 0.4) is 0 Å². The van der Waals surface area contributed by atoms with Crippen molar-refractivity contribution in [1.29, 1.82) is 0 Å². The Morgan fingerprint density at radius 2 is 2.14 bits per heavy atom. The van der Waals surface area contributed by atoms with Gasteiger partial charge >= 0.3 is 0 Å². The Morgan fingerprint density at radius 3 is 2.86 bits per heavy atom. The minimum Gasteiger partial charge on any atom is -0.343 e. The Kier molecular flexibility index (Phi) is 3.52. The summed E-state index contributed by atoms with van der Waals surface area (Å²) in [6.45, 7) is 0.0870. The molecule has 22 heavy (non-hydrogen) atoms. The zero-order valence-electron chi connectivity index (χ0n) is 11.1. The molecule has 1 N–H and O–H groups in total. The molecule has 9 heteroatoms. The van der Waals surface area contributed by atoms with Crippen molar-refractivity contribution in [2.75, 3.05) is 0 Å². The second-order valence-electron chi connectivity index (χ2n) is 4.26. The Hall–Kier alpha value is -3.23. The van der Waals surface area contributed by atoms with Crippen LogP contribution in [-0.2, 0) is 6.54 Å². The molecule has 0 saturated heterocycles. The summed E-state index contributed by atoms with van der Waals surface area (Å²) in [6.07, 6.45) is 4.45. The summed E-state index contributed by atoms with van der Waals surface area (Å²) in [7, 11) is 0. The van der Waals surface area contributed by atoms with Crippen molar-refractivity contribution in [2.24, 2.45) is 0 Å². The van der Waals surface area contributed by atoms with Gasteiger partial charge in [-0.15, -0.1) is 0 Å². The number of nitrogens with one attached hydrogen (secondary N) is 1. The average molecular weight is 300 g/mol. The maximum Gasteiger partial charge on any atom is 0.270 e. The molecule has 0 aliphatic heterocycles. The summed E-state index contributed by atoms with van der Waals surface area (Å²) in [5.41, 5.74) is -0.259. The average Bonchev–Trinajstić information content (AvgIpc) is 2.94. The standard InChI is InChI=1S/C13H9FN6O2/c14-9-5-18-20-10(4-8(7-21)19-12(9)20)13(22)17-6-11-15-2-1-3-16-11/h1-5,7H,6H2,(H,17,22). The third-order valence-electron chi connectivity index (χ3n) is 2.83. The monoisotopic (exact) mass is 300 g/mol. The largest absolute Gasteiger partial charge is 0.343 e. The summed E-state index contributed by atoms with van der Waals surface area (Å²) >= 11 is 0. The quantitative estimate of drug-likeness (QED) is 0.700. The van der Waals surface area contributed by atoms with Gasteiger partial charge in [0.15, 0.2) is 17.8 Å². The van der Waals surface area contributed by atoms with E-state index in [-0.39, 0.29) is 23.6 Å². The number of hydrogen-bond donors (Lipinski definition) is 1. The fourth-order valence-electron chi connectivity index (χ4n) is 1.85. The first-order chi connectivity index (χ1) is 10.7. The van der Waals surface area contributed by atoms with E-state index in [9.17, 15) is 14.0 Å². The van der Waals surface area contributed by atoms with E-state index in [0.29, 0.717) is 12.1 Å². The summed E-state index contributed by atoms with van der Waals surface area (Å²) in [6, 6.07) is 2.88. The first-order valence-electron chi connectivity index (χ1n) is 6.22. The van der Waals surface area contributed by atoms with E-state index in [0.717, 1.165) is 10.7 Å². The maximum absolute atomic E-state index is 13.5. The Morgan fingerprint density at radius 1 is 1.36 bits per heavy atom. The summed E-state index contributed by atoms with van der Waals surface area (Å²) in [4.78, 5) is 34.8. The molecule has 3 aromatic heterocycles. The minimum absolute atomic E-state index is 0.00747. The third kappa shape index (κ3) is 2.51. The van der Waals surface area contributed by atoms with Crippen LogP contribution in [0.25, 0.3) is 5.65 Å². The molecule has 0 aliphatic rings. The van der Waals surface area contributed by atoms with Crippen molar-refractivity contribution in [3.05, 3.63) is 53.8 Å². The molecule has 3 heterocycles. The Labute approximate surface area is 123 Å². The van der Waals surface area contributed by atoms with Gasteiger partial charge in [0.2, 0.25) is 0 Å². The number of aromatic nitrogens is 5. The van der Waals surface area contributed by atoms with Crippen molar-refractivity contribution in [3.8, 4) is 0 Å². The highest BCUT2D eigenvalue weighted by atomic mass is 19.1. The van der Waals surface area contributed by atoms with E-state index in [2.05, 4.69) is 25.4 Å². The van der Waals surface area contributed by atoms with Crippen LogP contribution in [0.5, 0.6) is 0 Å². The van der Waals surface area contributed by atoms with Gasteiger partial charge in [-0.2, -0.15) is 5.10 Å². The number of aldehydes is 1. The van der Waals surface area contributed by atoms with Gasteiger partial charge < -0.3 is 5.32 Å². The van der Waals surface area contributed by atoms with Gasteiger partial charge in [0, 0.05) is 12.4 Å². The second-order valence-corrected chi connectivity index (χ2v) is 4.26. The molecule has 0 atom stereocenters. The Bertz CT molecular complexity index is 848.